The molecule has 3 aromatic carbocycles. The second kappa shape index (κ2) is 9.22. The molecular weight excluding hydrogens is 422 g/mol. The van der Waals surface area contributed by atoms with Gasteiger partial charge in [-0.05, 0) is 47.7 Å². The molecule has 0 unspecified atom stereocenters. The second-order valence-corrected chi connectivity index (χ2v) is 9.68. The van der Waals surface area contributed by atoms with Gasteiger partial charge in [0.2, 0.25) is 0 Å². The van der Waals surface area contributed by atoms with Crippen LogP contribution in [0.4, 0.5) is 0 Å². The van der Waals surface area contributed by atoms with Gasteiger partial charge < -0.3 is 14.2 Å². The standard InChI is InChI=1S/C29H31N3O2/c33-29(31-15-17-34-18-16-31)23-13-14-26-27(19-23)32(20-21-7-2-1-3-8-21)28(30-26)25-12-6-10-22-9-4-5-11-24(22)25/h4-6,9-14,19,21H,1-3,7-8,15-18,20H2. The van der Waals surface area contributed by atoms with Gasteiger partial charge in [-0.1, -0.05) is 61.7 Å². The van der Waals surface area contributed by atoms with E-state index in [1.807, 2.05) is 17.0 Å². The summed E-state index contributed by atoms with van der Waals surface area (Å²) >= 11 is 0. The number of imidazole rings is 1. The summed E-state index contributed by atoms with van der Waals surface area (Å²) in [5, 5.41) is 2.44. The molecule has 1 aliphatic carbocycles. The highest BCUT2D eigenvalue weighted by Gasteiger charge is 2.23. The van der Waals surface area contributed by atoms with Gasteiger partial charge in [-0.25, -0.2) is 4.98 Å². The van der Waals surface area contributed by atoms with E-state index in [-0.39, 0.29) is 5.91 Å². The Morgan fingerprint density at radius 1 is 0.941 bits per heavy atom. The summed E-state index contributed by atoms with van der Waals surface area (Å²) in [5.41, 5.74) is 3.92. The van der Waals surface area contributed by atoms with Crippen molar-refractivity contribution >= 4 is 27.7 Å². The molecule has 4 aromatic rings. The average molecular weight is 454 g/mol. The summed E-state index contributed by atoms with van der Waals surface area (Å²) in [6.45, 7) is 3.47. The van der Waals surface area contributed by atoms with Crippen LogP contribution in [0.15, 0.2) is 60.7 Å². The third-order valence-corrected chi connectivity index (χ3v) is 7.49. The number of rotatable bonds is 4. The van der Waals surface area contributed by atoms with E-state index < -0.39 is 0 Å². The zero-order valence-electron chi connectivity index (χ0n) is 19.6. The quantitative estimate of drug-likeness (QED) is 0.386. The maximum absolute atomic E-state index is 13.2. The average Bonchev–Trinajstić information content (AvgIpc) is 3.26. The molecule has 2 aliphatic rings. The van der Waals surface area contributed by atoms with Crippen molar-refractivity contribution in [3.63, 3.8) is 0 Å². The van der Waals surface area contributed by atoms with Gasteiger partial charge in [0.05, 0.1) is 24.2 Å². The van der Waals surface area contributed by atoms with Crippen LogP contribution in [0.1, 0.15) is 42.5 Å². The molecule has 1 amide bonds. The van der Waals surface area contributed by atoms with E-state index in [1.54, 1.807) is 0 Å². The van der Waals surface area contributed by atoms with E-state index in [1.165, 1.54) is 42.9 Å². The van der Waals surface area contributed by atoms with Gasteiger partial charge in [0.1, 0.15) is 5.82 Å². The maximum atomic E-state index is 13.2. The summed E-state index contributed by atoms with van der Waals surface area (Å²) in [4.78, 5) is 20.3. The molecule has 1 saturated heterocycles. The van der Waals surface area contributed by atoms with Crippen LogP contribution in [0.5, 0.6) is 0 Å². The highest BCUT2D eigenvalue weighted by Crippen LogP contribution is 2.34. The molecule has 6 rings (SSSR count). The molecular formula is C29H31N3O2. The van der Waals surface area contributed by atoms with Gasteiger partial charge in [0, 0.05) is 30.8 Å². The summed E-state index contributed by atoms with van der Waals surface area (Å²) in [5.74, 6) is 1.74. The Bertz CT molecular complexity index is 1320. The van der Waals surface area contributed by atoms with Gasteiger partial charge in [0.25, 0.3) is 5.91 Å². The number of nitrogens with zero attached hydrogens (tertiary/aromatic N) is 3. The lowest BCUT2D eigenvalue weighted by Crippen LogP contribution is -2.40. The van der Waals surface area contributed by atoms with Crippen molar-refractivity contribution < 1.29 is 9.53 Å². The third-order valence-electron chi connectivity index (χ3n) is 7.49. The van der Waals surface area contributed by atoms with Crippen LogP contribution in [0.25, 0.3) is 33.2 Å². The van der Waals surface area contributed by atoms with Crippen molar-refractivity contribution in [1.29, 1.82) is 0 Å². The molecule has 0 atom stereocenters. The van der Waals surface area contributed by atoms with E-state index in [4.69, 9.17) is 9.72 Å². The topological polar surface area (TPSA) is 47.4 Å². The minimum atomic E-state index is 0.0855. The van der Waals surface area contributed by atoms with Gasteiger partial charge in [-0.15, -0.1) is 0 Å². The summed E-state index contributed by atoms with van der Waals surface area (Å²) in [6, 6.07) is 21.0. The lowest BCUT2D eigenvalue weighted by atomic mass is 9.89. The zero-order chi connectivity index (χ0) is 22.9. The Kier molecular flexibility index (Phi) is 5.79. The normalized spacial score (nSPS) is 17.5. The molecule has 174 valence electrons. The fourth-order valence-electron chi connectivity index (χ4n) is 5.64. The van der Waals surface area contributed by atoms with E-state index in [2.05, 4.69) is 53.1 Å². The van der Waals surface area contributed by atoms with Crippen LogP contribution in [0.3, 0.4) is 0 Å². The fourth-order valence-corrected chi connectivity index (χ4v) is 5.64. The first-order chi connectivity index (χ1) is 16.8. The van der Waals surface area contributed by atoms with Crippen LogP contribution in [-0.4, -0.2) is 46.7 Å². The van der Waals surface area contributed by atoms with E-state index >= 15 is 0 Å². The van der Waals surface area contributed by atoms with E-state index in [9.17, 15) is 4.79 Å². The number of hydrogen-bond donors (Lipinski definition) is 0. The molecule has 2 fully saturated rings. The van der Waals surface area contributed by atoms with Crippen molar-refractivity contribution in [2.24, 2.45) is 5.92 Å². The predicted molar refractivity (Wildman–Crippen MR) is 136 cm³/mol. The molecule has 5 nitrogen and oxygen atoms in total. The number of fused-ring (bicyclic) bond motifs is 2. The highest BCUT2D eigenvalue weighted by molar-refractivity contribution is 6.00. The number of carbonyl (C=O) groups is 1. The predicted octanol–water partition coefficient (Wildman–Crippen LogP) is 5.91. The molecule has 5 heteroatoms. The van der Waals surface area contributed by atoms with Crippen molar-refractivity contribution in [2.45, 2.75) is 38.6 Å². The first-order valence-corrected chi connectivity index (χ1v) is 12.6. The number of morpholine rings is 1. The van der Waals surface area contributed by atoms with Gasteiger partial charge in [-0.3, -0.25) is 4.79 Å². The van der Waals surface area contributed by atoms with Crippen LogP contribution < -0.4 is 0 Å². The number of carbonyl (C=O) groups excluding carboxylic acids is 1. The van der Waals surface area contributed by atoms with E-state index in [0.29, 0.717) is 32.2 Å². The number of ether oxygens (including phenoxy) is 1. The minimum Gasteiger partial charge on any atom is -0.378 e. The molecule has 1 saturated carbocycles. The third kappa shape index (κ3) is 3.98. The molecule has 0 radical (unpaired) electrons. The second-order valence-electron chi connectivity index (χ2n) is 9.68. The minimum absolute atomic E-state index is 0.0855. The number of hydrogen-bond acceptors (Lipinski definition) is 3. The van der Waals surface area contributed by atoms with E-state index in [0.717, 1.165) is 34.5 Å². The lowest BCUT2D eigenvalue weighted by molar-refractivity contribution is 0.0303. The molecule has 0 spiro atoms. The Balaban J connectivity index is 1.48. The molecule has 1 aromatic heterocycles. The molecule has 34 heavy (non-hydrogen) atoms. The largest absolute Gasteiger partial charge is 0.378 e. The van der Waals surface area contributed by atoms with Crippen molar-refractivity contribution in [1.82, 2.24) is 14.5 Å². The summed E-state index contributed by atoms with van der Waals surface area (Å²) in [6.07, 6.45) is 6.49. The first-order valence-electron chi connectivity index (χ1n) is 12.6. The Hall–Kier alpha value is -3.18. The van der Waals surface area contributed by atoms with Crippen molar-refractivity contribution in [3.05, 3.63) is 66.2 Å². The van der Waals surface area contributed by atoms with Crippen LogP contribution in [-0.2, 0) is 11.3 Å². The number of amides is 1. The molecule has 2 heterocycles. The maximum Gasteiger partial charge on any atom is 0.254 e. The SMILES string of the molecule is O=C(c1ccc2nc(-c3cccc4ccccc34)n(CC3CCCCC3)c2c1)N1CCOCC1. The Labute approximate surface area is 200 Å². The van der Waals surface area contributed by atoms with Gasteiger partial charge in [-0.2, -0.15) is 0 Å². The van der Waals surface area contributed by atoms with Crippen molar-refractivity contribution in [3.8, 4) is 11.4 Å². The van der Waals surface area contributed by atoms with Crippen molar-refractivity contribution in [2.75, 3.05) is 26.3 Å². The Morgan fingerprint density at radius 3 is 2.59 bits per heavy atom. The number of aromatic nitrogens is 2. The van der Waals surface area contributed by atoms with Crippen LogP contribution in [0.2, 0.25) is 0 Å². The monoisotopic (exact) mass is 453 g/mol. The number of benzene rings is 3. The zero-order valence-corrected chi connectivity index (χ0v) is 19.6. The summed E-state index contributed by atoms with van der Waals surface area (Å²) < 4.78 is 7.83. The molecule has 0 bridgehead atoms. The van der Waals surface area contributed by atoms with Crippen LogP contribution >= 0.6 is 0 Å². The fraction of sp³-hybridized carbons (Fsp3) is 0.379. The smallest absolute Gasteiger partial charge is 0.254 e. The highest BCUT2D eigenvalue weighted by atomic mass is 16.5. The summed E-state index contributed by atoms with van der Waals surface area (Å²) in [7, 11) is 0. The van der Waals surface area contributed by atoms with Gasteiger partial charge in [0.15, 0.2) is 0 Å². The van der Waals surface area contributed by atoms with Crippen LogP contribution in [0, 0.1) is 5.92 Å². The molecule has 0 N–H and O–H groups in total. The lowest BCUT2D eigenvalue weighted by Gasteiger charge is -2.27. The van der Waals surface area contributed by atoms with Gasteiger partial charge >= 0.3 is 0 Å². The first kappa shape index (κ1) is 21.4. The Morgan fingerprint density at radius 2 is 1.74 bits per heavy atom. The molecule has 1 aliphatic heterocycles.